The molecule has 0 atom stereocenters. The summed E-state index contributed by atoms with van der Waals surface area (Å²) in [4.78, 5) is 12.2. The van der Waals surface area contributed by atoms with Crippen molar-refractivity contribution in [3.05, 3.63) is 22.2 Å². The molecule has 2 rings (SSSR count). The first-order valence-corrected chi connectivity index (χ1v) is 7.06. The number of rotatable bonds is 5. The topological polar surface area (TPSA) is 56.8 Å². The summed E-state index contributed by atoms with van der Waals surface area (Å²) in [7, 11) is 3.10. The Balaban J connectivity index is 2.12. The van der Waals surface area contributed by atoms with Crippen molar-refractivity contribution in [1.29, 1.82) is 0 Å². The van der Waals surface area contributed by atoms with Crippen LogP contribution in [0, 0.1) is 5.41 Å². The Labute approximate surface area is 126 Å². The van der Waals surface area contributed by atoms with E-state index in [1.54, 1.807) is 26.4 Å². The zero-order chi connectivity index (χ0) is 14.8. The van der Waals surface area contributed by atoms with Crippen LogP contribution in [0.25, 0.3) is 0 Å². The fraction of sp³-hybridized carbons (Fsp3) is 0.500. The van der Waals surface area contributed by atoms with Gasteiger partial charge < -0.3 is 19.5 Å². The Morgan fingerprint density at radius 3 is 2.30 bits per heavy atom. The van der Waals surface area contributed by atoms with Gasteiger partial charge >= 0.3 is 0 Å². The van der Waals surface area contributed by atoms with Crippen molar-refractivity contribution >= 4 is 21.8 Å². The third-order valence-electron chi connectivity index (χ3n) is 3.28. The van der Waals surface area contributed by atoms with Crippen molar-refractivity contribution in [2.45, 2.75) is 6.92 Å². The van der Waals surface area contributed by atoms with Gasteiger partial charge in [-0.15, -0.1) is 0 Å². The predicted molar refractivity (Wildman–Crippen MR) is 78.5 cm³/mol. The average molecular weight is 344 g/mol. The Bertz CT molecular complexity index is 489. The van der Waals surface area contributed by atoms with Crippen molar-refractivity contribution < 1.29 is 19.0 Å². The van der Waals surface area contributed by atoms with Crippen LogP contribution in [0.1, 0.15) is 17.3 Å². The number of benzene rings is 1. The molecule has 1 saturated heterocycles. The molecule has 0 unspecified atom stereocenters. The molecule has 1 aliphatic heterocycles. The van der Waals surface area contributed by atoms with Crippen LogP contribution in [0.3, 0.4) is 0 Å². The molecule has 1 N–H and O–H groups in total. The molecule has 6 heteroatoms. The fourth-order valence-electron chi connectivity index (χ4n) is 1.95. The maximum absolute atomic E-state index is 12.2. The third kappa shape index (κ3) is 3.07. The van der Waals surface area contributed by atoms with Crippen LogP contribution >= 0.6 is 15.9 Å². The summed E-state index contributed by atoms with van der Waals surface area (Å²) < 4.78 is 16.3. The van der Waals surface area contributed by atoms with E-state index in [0.717, 1.165) is 0 Å². The van der Waals surface area contributed by atoms with Crippen LogP contribution in [0.5, 0.6) is 11.5 Å². The lowest BCUT2D eigenvalue weighted by molar-refractivity contribution is -0.0978. The highest BCUT2D eigenvalue weighted by Gasteiger charge is 2.33. The van der Waals surface area contributed by atoms with Crippen molar-refractivity contribution in [3.8, 4) is 11.5 Å². The largest absolute Gasteiger partial charge is 0.495 e. The summed E-state index contributed by atoms with van der Waals surface area (Å²) in [5.74, 6) is 0.975. The van der Waals surface area contributed by atoms with Crippen molar-refractivity contribution in [3.63, 3.8) is 0 Å². The van der Waals surface area contributed by atoms with Crippen molar-refractivity contribution in [1.82, 2.24) is 5.32 Å². The highest BCUT2D eigenvalue weighted by atomic mass is 79.9. The van der Waals surface area contributed by atoms with Gasteiger partial charge in [-0.3, -0.25) is 4.79 Å². The Morgan fingerprint density at radius 2 is 1.90 bits per heavy atom. The Morgan fingerprint density at radius 1 is 1.35 bits per heavy atom. The minimum Gasteiger partial charge on any atom is -0.495 e. The monoisotopic (exact) mass is 343 g/mol. The summed E-state index contributed by atoms with van der Waals surface area (Å²) in [6, 6.07) is 3.36. The minimum atomic E-state index is -0.151. The van der Waals surface area contributed by atoms with Gasteiger partial charge in [0.2, 0.25) is 0 Å². The van der Waals surface area contributed by atoms with E-state index in [0.29, 0.717) is 41.3 Å². The van der Waals surface area contributed by atoms with E-state index in [4.69, 9.17) is 14.2 Å². The van der Waals surface area contributed by atoms with Crippen LogP contribution in [0.4, 0.5) is 0 Å². The van der Waals surface area contributed by atoms with Crippen LogP contribution in [-0.4, -0.2) is 39.9 Å². The highest BCUT2D eigenvalue weighted by Crippen LogP contribution is 2.35. The van der Waals surface area contributed by atoms with Crippen molar-refractivity contribution in [2.24, 2.45) is 5.41 Å². The van der Waals surface area contributed by atoms with Gasteiger partial charge in [0.25, 0.3) is 5.91 Å². The van der Waals surface area contributed by atoms with Gasteiger partial charge in [-0.2, -0.15) is 0 Å². The van der Waals surface area contributed by atoms with Gasteiger partial charge in [-0.05, 0) is 28.1 Å². The van der Waals surface area contributed by atoms with Crippen LogP contribution in [0.15, 0.2) is 16.6 Å². The fourth-order valence-corrected chi connectivity index (χ4v) is 2.50. The van der Waals surface area contributed by atoms with Gasteiger partial charge in [0.1, 0.15) is 16.0 Å². The molecule has 110 valence electrons. The van der Waals surface area contributed by atoms with Gasteiger partial charge in [-0.25, -0.2) is 0 Å². The molecule has 0 saturated carbocycles. The molecule has 0 aliphatic carbocycles. The molecule has 0 aromatic heterocycles. The number of carbonyl (C=O) groups is 1. The molecule has 0 spiro atoms. The first-order chi connectivity index (χ1) is 9.49. The predicted octanol–water partition coefficient (Wildman–Crippen LogP) is 2.23. The minimum absolute atomic E-state index is 0.0409. The lowest BCUT2D eigenvalue weighted by Gasteiger charge is -2.38. The number of ether oxygens (including phenoxy) is 3. The second-order valence-corrected chi connectivity index (χ2v) is 5.97. The van der Waals surface area contributed by atoms with Gasteiger partial charge in [0, 0.05) is 17.5 Å². The number of methoxy groups -OCH3 is 2. The molecule has 1 aliphatic rings. The number of amides is 1. The zero-order valence-corrected chi connectivity index (χ0v) is 13.4. The Kier molecular flexibility index (Phi) is 4.55. The summed E-state index contributed by atoms with van der Waals surface area (Å²) in [6.45, 7) is 4.03. The summed E-state index contributed by atoms with van der Waals surface area (Å²) in [6.07, 6.45) is 0. The van der Waals surface area contributed by atoms with E-state index in [2.05, 4.69) is 28.2 Å². The van der Waals surface area contributed by atoms with E-state index < -0.39 is 0 Å². The quantitative estimate of drug-likeness (QED) is 0.890. The number of nitrogens with one attached hydrogen (secondary N) is 1. The van der Waals surface area contributed by atoms with E-state index in [1.165, 1.54) is 0 Å². The molecular formula is C14H18BrNO4. The summed E-state index contributed by atoms with van der Waals surface area (Å²) in [5, 5.41) is 2.92. The molecule has 1 amide bonds. The normalized spacial score (nSPS) is 16.2. The lowest BCUT2D eigenvalue weighted by atomic mass is 9.88. The number of halogens is 1. The van der Waals surface area contributed by atoms with Crippen LogP contribution in [0.2, 0.25) is 0 Å². The molecule has 0 bridgehead atoms. The number of hydrogen-bond donors (Lipinski definition) is 1. The standard InChI is InChI=1S/C14H18BrNO4/c1-14(7-20-8-14)6-16-13(17)9-4-10(18-2)12(15)11(5-9)19-3/h4-5H,6-8H2,1-3H3,(H,16,17). The van der Waals surface area contributed by atoms with Gasteiger partial charge in [0.05, 0.1) is 27.4 Å². The maximum Gasteiger partial charge on any atom is 0.251 e. The highest BCUT2D eigenvalue weighted by molar-refractivity contribution is 9.10. The van der Waals surface area contributed by atoms with E-state index in [1.807, 2.05) is 0 Å². The molecule has 1 heterocycles. The van der Waals surface area contributed by atoms with Crippen molar-refractivity contribution in [2.75, 3.05) is 34.0 Å². The van der Waals surface area contributed by atoms with Crippen LogP contribution < -0.4 is 14.8 Å². The number of hydrogen-bond acceptors (Lipinski definition) is 4. The number of carbonyl (C=O) groups excluding carboxylic acids is 1. The van der Waals surface area contributed by atoms with Gasteiger partial charge in [0.15, 0.2) is 0 Å². The van der Waals surface area contributed by atoms with E-state index >= 15 is 0 Å². The first kappa shape index (κ1) is 15.1. The first-order valence-electron chi connectivity index (χ1n) is 6.26. The summed E-state index contributed by atoms with van der Waals surface area (Å²) in [5.41, 5.74) is 0.546. The molecule has 0 radical (unpaired) electrons. The van der Waals surface area contributed by atoms with Crippen LogP contribution in [-0.2, 0) is 4.74 Å². The SMILES string of the molecule is COc1cc(C(=O)NCC2(C)COC2)cc(OC)c1Br. The molecule has 1 aromatic carbocycles. The maximum atomic E-state index is 12.2. The molecule has 1 fully saturated rings. The average Bonchev–Trinajstić information content (AvgIpc) is 2.42. The second kappa shape index (κ2) is 6.01. The molecule has 1 aromatic rings. The Hall–Kier alpha value is -1.27. The lowest BCUT2D eigenvalue weighted by Crippen LogP contribution is -2.48. The molecule has 20 heavy (non-hydrogen) atoms. The smallest absolute Gasteiger partial charge is 0.251 e. The van der Waals surface area contributed by atoms with E-state index in [-0.39, 0.29) is 11.3 Å². The molecule has 5 nitrogen and oxygen atoms in total. The summed E-state index contributed by atoms with van der Waals surface area (Å²) >= 11 is 3.38. The second-order valence-electron chi connectivity index (χ2n) is 5.18. The molecular weight excluding hydrogens is 326 g/mol. The van der Waals surface area contributed by atoms with Gasteiger partial charge in [-0.1, -0.05) is 6.92 Å². The zero-order valence-electron chi connectivity index (χ0n) is 11.8. The van der Waals surface area contributed by atoms with E-state index in [9.17, 15) is 4.79 Å². The third-order valence-corrected chi connectivity index (χ3v) is 4.07.